The van der Waals surface area contributed by atoms with Gasteiger partial charge in [-0.05, 0) is 75.0 Å². The number of benzene rings is 1. The molecular weight excluding hydrogens is 438 g/mol. The van der Waals surface area contributed by atoms with E-state index in [-0.39, 0.29) is 18.1 Å². The van der Waals surface area contributed by atoms with E-state index in [2.05, 4.69) is 37.3 Å². The van der Waals surface area contributed by atoms with Crippen LogP contribution in [0, 0.1) is 11.8 Å². The summed E-state index contributed by atoms with van der Waals surface area (Å²) in [5.41, 5.74) is 1.99. The van der Waals surface area contributed by atoms with Gasteiger partial charge in [-0.15, -0.1) is 0 Å². The fraction of sp³-hybridized carbons (Fsp3) is 0.615. The minimum atomic E-state index is -0.861. The highest BCUT2D eigenvalue weighted by Gasteiger charge is 2.33. The number of nitrogens with zero attached hydrogens (tertiary/aromatic N) is 2. The first-order valence-electron chi connectivity index (χ1n) is 12.1. The van der Waals surface area contributed by atoms with E-state index < -0.39 is 5.60 Å². The number of ether oxygens (including phenoxy) is 1. The minimum absolute atomic E-state index is 0.173. The smallest absolute Gasteiger partial charge is 0.273 e. The molecule has 6 nitrogen and oxygen atoms in total. The molecule has 0 atom stereocenters. The van der Waals surface area contributed by atoms with Gasteiger partial charge in [0.25, 0.3) is 5.91 Å². The first kappa shape index (κ1) is 25.6. The highest BCUT2D eigenvalue weighted by Crippen LogP contribution is 2.38. The molecule has 1 aliphatic rings. The molecule has 1 amide bonds. The zero-order valence-corrected chi connectivity index (χ0v) is 21.3. The summed E-state index contributed by atoms with van der Waals surface area (Å²) in [5.74, 6) is 1.59. The largest absolute Gasteiger partial charge is 0.496 e. The Balaban J connectivity index is 1.83. The molecule has 0 aliphatic heterocycles. The Morgan fingerprint density at radius 3 is 2.67 bits per heavy atom. The third-order valence-electron chi connectivity index (χ3n) is 6.72. The Morgan fingerprint density at radius 1 is 1.36 bits per heavy atom. The van der Waals surface area contributed by atoms with Crippen LogP contribution in [0.4, 0.5) is 0 Å². The number of rotatable bonds is 9. The van der Waals surface area contributed by atoms with Crippen molar-refractivity contribution in [1.29, 1.82) is 0 Å². The lowest BCUT2D eigenvalue weighted by Gasteiger charge is -2.34. The average molecular weight is 476 g/mol. The van der Waals surface area contributed by atoms with Crippen molar-refractivity contribution in [3.63, 3.8) is 0 Å². The molecule has 0 unspecified atom stereocenters. The first-order valence-corrected chi connectivity index (χ1v) is 12.5. The normalized spacial score (nSPS) is 20.8. The Hall–Kier alpha value is -2.05. The number of carbonyl (C=O) groups excluding carboxylic acids is 1. The molecular formula is C26H38ClN3O3. The van der Waals surface area contributed by atoms with Crippen molar-refractivity contribution in [1.82, 2.24) is 15.1 Å². The third kappa shape index (κ3) is 6.10. The Labute approximate surface area is 202 Å². The van der Waals surface area contributed by atoms with Crippen LogP contribution in [0.15, 0.2) is 18.2 Å². The highest BCUT2D eigenvalue weighted by molar-refractivity contribution is 6.36. The second-order valence-electron chi connectivity index (χ2n) is 9.88. The van der Waals surface area contributed by atoms with Gasteiger partial charge in [-0.25, -0.2) is 0 Å². The van der Waals surface area contributed by atoms with Crippen LogP contribution in [-0.2, 0) is 13.0 Å². The molecule has 1 aliphatic carbocycles. The number of amides is 1. The Kier molecular flexibility index (Phi) is 8.46. The van der Waals surface area contributed by atoms with E-state index in [1.807, 2.05) is 19.1 Å². The molecule has 182 valence electrons. The summed E-state index contributed by atoms with van der Waals surface area (Å²) in [6.45, 7) is 9.35. The van der Waals surface area contributed by atoms with Crippen molar-refractivity contribution >= 4 is 17.5 Å². The number of methoxy groups -OCH3 is 1. The molecule has 0 bridgehead atoms. The lowest BCUT2D eigenvalue weighted by molar-refractivity contribution is -0.00544. The molecule has 2 aromatic rings. The van der Waals surface area contributed by atoms with Gasteiger partial charge in [0.2, 0.25) is 0 Å². The maximum atomic E-state index is 13.0. The summed E-state index contributed by atoms with van der Waals surface area (Å²) < 4.78 is 7.42. The molecule has 0 saturated heterocycles. The molecule has 0 spiro atoms. The molecule has 7 heteroatoms. The number of halogens is 1. The molecule has 0 radical (unpaired) electrons. The number of hydrogen-bond donors (Lipinski definition) is 2. The van der Waals surface area contributed by atoms with Crippen LogP contribution in [-0.4, -0.2) is 40.0 Å². The number of aromatic nitrogens is 2. The summed E-state index contributed by atoms with van der Waals surface area (Å²) in [4.78, 5) is 13.0. The fourth-order valence-electron chi connectivity index (χ4n) is 4.42. The van der Waals surface area contributed by atoms with E-state index in [4.69, 9.17) is 16.3 Å². The summed E-state index contributed by atoms with van der Waals surface area (Å²) in [6.07, 6.45) is 5.40. The van der Waals surface area contributed by atoms with Crippen LogP contribution < -0.4 is 10.1 Å². The molecule has 1 heterocycles. The maximum absolute atomic E-state index is 13.0. The topological polar surface area (TPSA) is 76.4 Å². The van der Waals surface area contributed by atoms with E-state index in [1.165, 1.54) is 5.56 Å². The summed E-state index contributed by atoms with van der Waals surface area (Å²) in [5, 5.41) is 18.5. The average Bonchev–Trinajstić information content (AvgIpc) is 3.14. The highest BCUT2D eigenvalue weighted by atomic mass is 35.5. The molecule has 1 aromatic heterocycles. The van der Waals surface area contributed by atoms with Gasteiger partial charge in [0.05, 0.1) is 23.4 Å². The van der Waals surface area contributed by atoms with Gasteiger partial charge in [-0.3, -0.25) is 9.48 Å². The monoisotopic (exact) mass is 475 g/mol. The first-order chi connectivity index (χ1) is 15.7. The predicted octanol–water partition coefficient (Wildman–Crippen LogP) is 5.49. The van der Waals surface area contributed by atoms with Gasteiger partial charge in [0.15, 0.2) is 5.69 Å². The van der Waals surface area contributed by atoms with E-state index >= 15 is 0 Å². The number of aliphatic hydroxyl groups is 1. The van der Waals surface area contributed by atoms with Gasteiger partial charge < -0.3 is 15.2 Å². The van der Waals surface area contributed by atoms with Crippen LogP contribution in [0.1, 0.15) is 75.9 Å². The summed E-state index contributed by atoms with van der Waals surface area (Å²) >= 11 is 6.72. The summed E-state index contributed by atoms with van der Waals surface area (Å²) in [7, 11) is 1.64. The van der Waals surface area contributed by atoms with Crippen molar-refractivity contribution < 1.29 is 14.6 Å². The Morgan fingerprint density at radius 2 is 2.06 bits per heavy atom. The Bertz CT molecular complexity index is 962. The van der Waals surface area contributed by atoms with Crippen LogP contribution in [0.3, 0.4) is 0 Å². The molecule has 1 saturated carbocycles. The zero-order chi connectivity index (χ0) is 24.2. The SMILES string of the molecule is CCn1nc(C(=O)NCC2(O)CCC(C)CC2)c(Cl)c1-c1ccc(CCC(C)C)cc1OC. The van der Waals surface area contributed by atoms with Gasteiger partial charge in [0.1, 0.15) is 5.75 Å². The summed E-state index contributed by atoms with van der Waals surface area (Å²) in [6, 6.07) is 6.13. The maximum Gasteiger partial charge on any atom is 0.273 e. The zero-order valence-electron chi connectivity index (χ0n) is 20.6. The number of carbonyl (C=O) groups is 1. The van der Waals surface area contributed by atoms with Crippen molar-refractivity contribution in [3.05, 3.63) is 34.5 Å². The molecule has 1 aromatic carbocycles. The van der Waals surface area contributed by atoms with Crippen LogP contribution >= 0.6 is 11.6 Å². The van der Waals surface area contributed by atoms with Crippen molar-refractivity contribution in [2.45, 2.75) is 78.4 Å². The number of nitrogens with one attached hydrogen (secondary N) is 1. The molecule has 3 rings (SSSR count). The van der Waals surface area contributed by atoms with E-state index in [1.54, 1.807) is 11.8 Å². The fourth-order valence-corrected chi connectivity index (χ4v) is 4.74. The van der Waals surface area contributed by atoms with Gasteiger partial charge >= 0.3 is 0 Å². The van der Waals surface area contributed by atoms with Crippen LogP contribution in [0.2, 0.25) is 5.02 Å². The minimum Gasteiger partial charge on any atom is -0.496 e. The van der Waals surface area contributed by atoms with E-state index in [0.717, 1.165) is 31.2 Å². The number of hydrogen-bond acceptors (Lipinski definition) is 4. The molecule has 2 N–H and O–H groups in total. The second kappa shape index (κ2) is 10.9. The third-order valence-corrected chi connectivity index (χ3v) is 7.08. The molecule has 1 fully saturated rings. The lowest BCUT2D eigenvalue weighted by atomic mass is 9.79. The predicted molar refractivity (Wildman–Crippen MR) is 133 cm³/mol. The van der Waals surface area contributed by atoms with Gasteiger partial charge in [0, 0.05) is 18.7 Å². The second-order valence-corrected chi connectivity index (χ2v) is 10.3. The van der Waals surface area contributed by atoms with Crippen LogP contribution in [0.25, 0.3) is 11.3 Å². The van der Waals surface area contributed by atoms with Crippen molar-refractivity contribution in [3.8, 4) is 17.0 Å². The van der Waals surface area contributed by atoms with Crippen molar-refractivity contribution in [2.75, 3.05) is 13.7 Å². The van der Waals surface area contributed by atoms with E-state index in [0.29, 0.717) is 47.7 Å². The lowest BCUT2D eigenvalue weighted by Crippen LogP contribution is -2.45. The number of aryl methyl sites for hydroxylation is 2. The van der Waals surface area contributed by atoms with E-state index in [9.17, 15) is 9.90 Å². The van der Waals surface area contributed by atoms with Gasteiger partial charge in [-0.2, -0.15) is 5.10 Å². The molecule has 33 heavy (non-hydrogen) atoms. The quantitative estimate of drug-likeness (QED) is 0.502. The standard InChI is InChI=1S/C26H38ClN3O3/c1-6-30-24(20-10-9-19(8-7-17(2)3)15-21(20)33-5)22(27)23(29-30)25(31)28-16-26(32)13-11-18(4)12-14-26/h9-10,15,17-18,32H,6-8,11-14,16H2,1-5H3,(H,28,31). The van der Waals surface area contributed by atoms with Gasteiger partial charge in [-0.1, -0.05) is 38.4 Å². The van der Waals surface area contributed by atoms with Crippen molar-refractivity contribution in [2.24, 2.45) is 11.8 Å². The van der Waals surface area contributed by atoms with Crippen LogP contribution in [0.5, 0.6) is 5.75 Å².